The molecule has 16 nitrogen and oxygen atoms in total. The molecule has 59 heavy (non-hydrogen) atoms. The van der Waals surface area contributed by atoms with Gasteiger partial charge in [0.2, 0.25) is 13.1 Å². The van der Waals surface area contributed by atoms with Gasteiger partial charge >= 0.3 is 24.0 Å². The minimum absolute atomic E-state index is 0.0902. The molecule has 3 aromatic rings. The van der Waals surface area contributed by atoms with Gasteiger partial charge in [0.15, 0.2) is 11.5 Å². The number of ketones is 1. The summed E-state index contributed by atoms with van der Waals surface area (Å²) in [7, 11) is 0. The van der Waals surface area contributed by atoms with Gasteiger partial charge in [-0.3, -0.25) is 29.9 Å². The molecule has 0 saturated heterocycles. The number of alkyl carbamates (subject to hydrolysis) is 1. The number of nitrogens with zero attached hydrogens (tertiary/aromatic N) is 1. The van der Waals surface area contributed by atoms with Crippen LogP contribution in [0.5, 0.6) is 0 Å². The van der Waals surface area contributed by atoms with E-state index < -0.39 is 67.3 Å². The molecule has 1 aliphatic rings. The van der Waals surface area contributed by atoms with Crippen LogP contribution in [0.3, 0.4) is 0 Å². The number of benzene rings is 2. The Morgan fingerprint density at radius 1 is 0.966 bits per heavy atom. The molecule has 314 valence electrons. The first-order chi connectivity index (χ1) is 28.1. The number of aromatic nitrogens is 1. The average Bonchev–Trinajstić information content (AvgIpc) is 4.06. The molecule has 1 heterocycles. The summed E-state index contributed by atoms with van der Waals surface area (Å²) in [5.74, 6) is -3.87. The van der Waals surface area contributed by atoms with Crippen LogP contribution in [-0.4, -0.2) is 77.3 Å². The summed E-state index contributed by atoms with van der Waals surface area (Å²) in [4.78, 5) is 81.8. The number of aliphatic hydroxyl groups is 1. The van der Waals surface area contributed by atoms with Crippen LogP contribution in [0.4, 0.5) is 4.79 Å². The van der Waals surface area contributed by atoms with E-state index in [-0.39, 0.29) is 51.8 Å². The molecule has 16 heteroatoms. The van der Waals surface area contributed by atoms with Crippen molar-refractivity contribution in [3.05, 3.63) is 94.3 Å². The van der Waals surface area contributed by atoms with Crippen LogP contribution >= 0.6 is 0 Å². The number of Topliss-reactive ketones (excluding diaryl/α,β-unsaturated/α-hetero) is 1. The third-order valence-electron chi connectivity index (χ3n) is 9.61. The predicted molar refractivity (Wildman–Crippen MR) is 216 cm³/mol. The first-order valence-electron chi connectivity index (χ1n) is 19.2. The number of amidine groups is 1. The number of nitrogens with one attached hydrogen (secondary N) is 3. The van der Waals surface area contributed by atoms with Crippen molar-refractivity contribution < 1.29 is 52.8 Å². The minimum atomic E-state index is -1.18. The lowest BCUT2D eigenvalue weighted by Crippen LogP contribution is -2.38. The van der Waals surface area contributed by atoms with Gasteiger partial charge in [-0.25, -0.2) is 14.6 Å². The number of rotatable bonds is 19. The van der Waals surface area contributed by atoms with Gasteiger partial charge in [0, 0.05) is 36.6 Å². The highest BCUT2D eigenvalue weighted by atomic mass is 16.7. The van der Waals surface area contributed by atoms with Crippen LogP contribution in [0.15, 0.2) is 55.1 Å². The second kappa shape index (κ2) is 20.9. The first kappa shape index (κ1) is 45.4. The van der Waals surface area contributed by atoms with Crippen LogP contribution in [-0.2, 0) is 41.6 Å². The molecule has 6 N–H and O–H groups in total. The Morgan fingerprint density at radius 3 is 2.27 bits per heavy atom. The van der Waals surface area contributed by atoms with Crippen LogP contribution in [0.2, 0.25) is 0 Å². The Kier molecular flexibility index (Phi) is 16.1. The molecule has 4 rings (SSSR count). The van der Waals surface area contributed by atoms with Crippen molar-refractivity contribution in [1.82, 2.24) is 15.6 Å². The topological polar surface area (TPSA) is 246 Å². The molecule has 1 fully saturated rings. The minimum Gasteiger partial charge on any atom is -0.427 e. The van der Waals surface area contributed by atoms with Crippen molar-refractivity contribution in [2.75, 3.05) is 13.3 Å². The highest BCUT2D eigenvalue weighted by Crippen LogP contribution is 2.32. The molecule has 3 atom stereocenters. The molecule has 0 bridgehead atoms. The van der Waals surface area contributed by atoms with Crippen molar-refractivity contribution in [3.63, 3.8) is 0 Å². The van der Waals surface area contributed by atoms with Gasteiger partial charge < -0.3 is 35.1 Å². The van der Waals surface area contributed by atoms with E-state index in [4.69, 9.17) is 30.1 Å². The van der Waals surface area contributed by atoms with Crippen LogP contribution in [0.1, 0.15) is 107 Å². The van der Waals surface area contributed by atoms with E-state index in [9.17, 15) is 33.9 Å². The van der Waals surface area contributed by atoms with Gasteiger partial charge in [-0.15, -0.1) is 0 Å². The Bertz CT molecular complexity index is 2080. The Labute approximate surface area is 342 Å². The quantitative estimate of drug-likeness (QED) is 0.0349. The maximum Gasteiger partial charge on any atom is 0.415 e. The first-order valence-corrected chi connectivity index (χ1v) is 19.2. The van der Waals surface area contributed by atoms with Crippen molar-refractivity contribution in [2.45, 2.75) is 79.2 Å². The maximum atomic E-state index is 14.1. The van der Waals surface area contributed by atoms with Gasteiger partial charge in [-0.2, -0.15) is 0 Å². The van der Waals surface area contributed by atoms with E-state index >= 15 is 0 Å². The number of hydrogen-bond acceptors (Lipinski definition) is 14. The van der Waals surface area contributed by atoms with E-state index in [2.05, 4.69) is 22.2 Å². The fourth-order valence-corrected chi connectivity index (χ4v) is 5.59. The zero-order valence-corrected chi connectivity index (χ0v) is 33.8. The van der Waals surface area contributed by atoms with Crippen molar-refractivity contribution in [2.24, 2.45) is 23.5 Å². The monoisotopic (exact) mass is 813 g/mol. The molecule has 1 aliphatic carbocycles. The number of esters is 3. The molecule has 1 aromatic heterocycles. The summed E-state index contributed by atoms with van der Waals surface area (Å²) < 4.78 is 20.4. The zero-order chi connectivity index (χ0) is 43.4. The van der Waals surface area contributed by atoms with Gasteiger partial charge in [-0.05, 0) is 71.2 Å². The number of pyridine rings is 1. The zero-order valence-electron chi connectivity index (χ0n) is 33.8. The third-order valence-corrected chi connectivity index (χ3v) is 9.61. The third kappa shape index (κ3) is 12.6. The predicted octanol–water partition coefficient (Wildman–Crippen LogP) is 5.08. The second-order valence-electron chi connectivity index (χ2n) is 14.5. The molecule has 2 amide bonds. The summed E-state index contributed by atoms with van der Waals surface area (Å²) in [6, 6.07) is 11.2. The number of amides is 2. The number of carbonyl (C=O) groups excluding carboxylic acids is 6. The van der Waals surface area contributed by atoms with Crippen LogP contribution < -0.4 is 16.4 Å². The molecular formula is C43H51N5O11. The maximum absolute atomic E-state index is 14.1. The van der Waals surface area contributed by atoms with Crippen molar-refractivity contribution >= 4 is 47.6 Å². The molecule has 2 unspecified atom stereocenters. The van der Waals surface area contributed by atoms with E-state index in [1.165, 1.54) is 49.4 Å². The smallest absolute Gasteiger partial charge is 0.415 e. The SMILES string of the molecule is C=Cc1cc(C(=O)Cc2ccc(C(=N)NC(=O)OC(C)OC(=O)C(C)C)cc2)c(-c2ccc(C(=O)NCC3CC3)nc2C(=O)OCOC(=O)[C@@H](N)C(C)CC)cc1CO. The largest absolute Gasteiger partial charge is 0.427 e. The molecule has 2 aromatic carbocycles. The molecule has 0 aliphatic heterocycles. The van der Waals surface area contributed by atoms with Crippen molar-refractivity contribution in [3.8, 4) is 11.1 Å². The Morgan fingerprint density at radius 2 is 1.66 bits per heavy atom. The summed E-state index contributed by atoms with van der Waals surface area (Å²) in [5.41, 5.74) is 7.58. The highest BCUT2D eigenvalue weighted by Gasteiger charge is 2.27. The summed E-state index contributed by atoms with van der Waals surface area (Å²) in [5, 5.41) is 23.6. The van der Waals surface area contributed by atoms with Gasteiger partial charge in [0.25, 0.3) is 5.91 Å². The number of ether oxygens (including phenoxy) is 4. The molecule has 0 spiro atoms. The lowest BCUT2D eigenvalue weighted by atomic mass is 9.89. The fraction of sp³-hybridized carbons (Fsp3) is 0.395. The summed E-state index contributed by atoms with van der Waals surface area (Å²) in [6.45, 7) is 11.3. The summed E-state index contributed by atoms with van der Waals surface area (Å²) >= 11 is 0. The fourth-order valence-electron chi connectivity index (χ4n) is 5.59. The van der Waals surface area contributed by atoms with E-state index in [1.54, 1.807) is 32.9 Å². The van der Waals surface area contributed by atoms with Crippen molar-refractivity contribution in [1.29, 1.82) is 5.41 Å². The Hall–Kier alpha value is -6.26. The van der Waals surface area contributed by atoms with E-state index in [0.29, 0.717) is 35.6 Å². The molecule has 1 saturated carbocycles. The van der Waals surface area contributed by atoms with E-state index in [1.807, 2.05) is 6.92 Å². The lowest BCUT2D eigenvalue weighted by molar-refractivity contribution is -0.168. The average molecular weight is 814 g/mol. The number of nitrogens with two attached hydrogens (primary N) is 1. The van der Waals surface area contributed by atoms with Gasteiger partial charge in [-0.1, -0.05) is 71.0 Å². The molecule has 0 radical (unpaired) electrons. The Balaban J connectivity index is 1.61. The van der Waals surface area contributed by atoms with Gasteiger partial charge in [0.1, 0.15) is 17.6 Å². The standard InChI is InChI=1S/C43H51N5O11/c1-7-24(5)36(44)41(53)56-22-57-42(54)37-31(15-16-34(47-37)39(51)46-20-27-9-10-27)32-19-30(21-49)28(8-2)18-33(32)35(50)17-26-11-13-29(14-12-26)38(45)48-43(55)59-25(6)58-40(52)23(3)4/h8,11-16,18-19,23-25,27,36,49H,2,7,9-10,17,20-22,44H2,1,3-6H3,(H,46,51)(H2,45,48,55)/t24?,25?,36-/m0/s1. The number of aliphatic hydroxyl groups excluding tert-OH is 1. The second-order valence-corrected chi connectivity index (χ2v) is 14.5. The molecular weight excluding hydrogens is 762 g/mol. The number of carbonyl (C=O) groups is 6. The van der Waals surface area contributed by atoms with Crippen LogP contribution in [0, 0.1) is 23.2 Å². The highest BCUT2D eigenvalue weighted by molar-refractivity contribution is 6.08. The lowest BCUT2D eigenvalue weighted by Gasteiger charge is -2.18. The van der Waals surface area contributed by atoms with E-state index in [0.717, 1.165) is 12.8 Å². The van der Waals surface area contributed by atoms with Crippen LogP contribution in [0.25, 0.3) is 17.2 Å². The normalized spacial score (nSPS) is 13.6. The summed E-state index contributed by atoms with van der Waals surface area (Å²) in [6.07, 6.45) is 1.73. The number of hydrogen-bond donors (Lipinski definition) is 5. The van der Waals surface area contributed by atoms with Gasteiger partial charge in [0.05, 0.1) is 12.5 Å².